The Morgan fingerprint density at radius 1 is 1.24 bits per heavy atom. The first-order valence-electron chi connectivity index (χ1n) is 8.92. The predicted molar refractivity (Wildman–Crippen MR) is 110 cm³/mol. The standard InChI is InChI=1S/C20H19Cl2FN4O2/c1-3-27(10-17(28)24-19-14(21)5-4-6-15(19)22)11-18-25-20(26-29-18)13-8-7-12(2)16(23)9-13/h4-9H,3,10-11H2,1-2H3,(H,24,28). The van der Waals surface area contributed by atoms with Gasteiger partial charge in [0.05, 0.1) is 28.8 Å². The molecule has 1 N–H and O–H groups in total. The van der Waals surface area contributed by atoms with Gasteiger partial charge in [-0.1, -0.05) is 53.5 Å². The van der Waals surface area contributed by atoms with Gasteiger partial charge in [0.1, 0.15) is 5.82 Å². The van der Waals surface area contributed by atoms with Gasteiger partial charge in [-0.3, -0.25) is 9.69 Å². The lowest BCUT2D eigenvalue weighted by atomic mass is 10.1. The zero-order chi connectivity index (χ0) is 21.0. The molecule has 0 fully saturated rings. The van der Waals surface area contributed by atoms with Crippen LogP contribution in [-0.4, -0.2) is 34.0 Å². The van der Waals surface area contributed by atoms with Gasteiger partial charge in [-0.05, 0) is 37.2 Å². The van der Waals surface area contributed by atoms with E-state index >= 15 is 0 Å². The van der Waals surface area contributed by atoms with Crippen LogP contribution in [0.1, 0.15) is 18.4 Å². The molecule has 6 nitrogen and oxygen atoms in total. The van der Waals surface area contributed by atoms with E-state index in [4.69, 9.17) is 27.7 Å². The number of para-hydroxylation sites is 1. The van der Waals surface area contributed by atoms with Crippen molar-refractivity contribution in [2.45, 2.75) is 20.4 Å². The van der Waals surface area contributed by atoms with Crippen LogP contribution in [0.5, 0.6) is 0 Å². The van der Waals surface area contributed by atoms with Crippen LogP contribution >= 0.6 is 23.2 Å². The highest BCUT2D eigenvalue weighted by Gasteiger charge is 2.17. The number of hydrogen-bond donors (Lipinski definition) is 1. The van der Waals surface area contributed by atoms with Gasteiger partial charge in [-0.25, -0.2) is 4.39 Å². The topological polar surface area (TPSA) is 71.3 Å². The Bertz CT molecular complexity index is 1010. The van der Waals surface area contributed by atoms with Gasteiger partial charge in [0.25, 0.3) is 0 Å². The highest BCUT2D eigenvalue weighted by atomic mass is 35.5. The third-order valence-electron chi connectivity index (χ3n) is 4.30. The number of aryl methyl sites for hydroxylation is 1. The molecule has 1 aromatic heterocycles. The highest BCUT2D eigenvalue weighted by Crippen LogP contribution is 2.29. The maximum atomic E-state index is 13.8. The lowest BCUT2D eigenvalue weighted by molar-refractivity contribution is -0.117. The van der Waals surface area contributed by atoms with E-state index in [0.29, 0.717) is 45.1 Å². The first-order chi connectivity index (χ1) is 13.9. The molecule has 0 saturated heterocycles. The average molecular weight is 437 g/mol. The quantitative estimate of drug-likeness (QED) is 0.566. The third-order valence-corrected chi connectivity index (χ3v) is 4.93. The molecule has 3 rings (SSSR count). The van der Waals surface area contributed by atoms with Crippen molar-refractivity contribution in [3.8, 4) is 11.4 Å². The van der Waals surface area contributed by atoms with Gasteiger partial charge in [-0.2, -0.15) is 4.98 Å². The summed E-state index contributed by atoms with van der Waals surface area (Å²) < 4.78 is 19.0. The van der Waals surface area contributed by atoms with Crippen molar-refractivity contribution in [1.29, 1.82) is 0 Å². The minimum absolute atomic E-state index is 0.0783. The number of rotatable bonds is 7. The monoisotopic (exact) mass is 436 g/mol. The smallest absolute Gasteiger partial charge is 0.241 e. The molecule has 0 radical (unpaired) electrons. The fourth-order valence-corrected chi connectivity index (χ4v) is 3.13. The molecule has 0 spiro atoms. The van der Waals surface area contributed by atoms with E-state index in [2.05, 4.69) is 15.5 Å². The number of halogens is 3. The molecule has 2 aromatic carbocycles. The molecule has 0 saturated carbocycles. The van der Waals surface area contributed by atoms with Crippen molar-refractivity contribution in [2.24, 2.45) is 0 Å². The number of benzene rings is 2. The van der Waals surface area contributed by atoms with Crippen molar-refractivity contribution in [3.05, 3.63) is 63.7 Å². The molecule has 0 bridgehead atoms. The Kier molecular flexibility index (Phi) is 6.84. The summed E-state index contributed by atoms with van der Waals surface area (Å²) in [6, 6.07) is 9.74. The number of aromatic nitrogens is 2. The van der Waals surface area contributed by atoms with Crippen LogP contribution in [0.2, 0.25) is 10.0 Å². The number of hydrogen-bond acceptors (Lipinski definition) is 5. The molecule has 9 heteroatoms. The van der Waals surface area contributed by atoms with Gasteiger partial charge >= 0.3 is 0 Å². The minimum Gasteiger partial charge on any atom is -0.338 e. The van der Waals surface area contributed by atoms with Crippen LogP contribution in [0.15, 0.2) is 40.9 Å². The van der Waals surface area contributed by atoms with Gasteiger partial charge in [-0.15, -0.1) is 0 Å². The van der Waals surface area contributed by atoms with Crippen LogP contribution in [-0.2, 0) is 11.3 Å². The van der Waals surface area contributed by atoms with Crippen molar-refractivity contribution in [2.75, 3.05) is 18.4 Å². The Balaban J connectivity index is 1.65. The molecule has 0 aliphatic heterocycles. The second kappa shape index (κ2) is 9.35. The summed E-state index contributed by atoms with van der Waals surface area (Å²) >= 11 is 12.2. The Labute approximate surface area is 177 Å². The summed E-state index contributed by atoms with van der Waals surface area (Å²) in [4.78, 5) is 18.5. The highest BCUT2D eigenvalue weighted by molar-refractivity contribution is 6.39. The van der Waals surface area contributed by atoms with E-state index in [1.807, 2.05) is 11.8 Å². The number of anilines is 1. The number of nitrogens with zero attached hydrogens (tertiary/aromatic N) is 3. The summed E-state index contributed by atoms with van der Waals surface area (Å²) in [5, 5.41) is 7.34. The lowest BCUT2D eigenvalue weighted by Gasteiger charge is -2.18. The number of likely N-dealkylation sites (N-methyl/N-ethyl adjacent to an activating group) is 1. The van der Waals surface area contributed by atoms with Crippen molar-refractivity contribution < 1.29 is 13.7 Å². The number of carbonyl (C=O) groups excluding carboxylic acids is 1. The predicted octanol–water partition coefficient (Wildman–Crippen LogP) is 4.95. The van der Waals surface area contributed by atoms with Crippen molar-refractivity contribution in [1.82, 2.24) is 15.0 Å². The molecule has 1 amide bonds. The van der Waals surface area contributed by atoms with Gasteiger partial charge in [0, 0.05) is 5.56 Å². The third kappa shape index (κ3) is 5.32. The van der Waals surface area contributed by atoms with Crippen LogP contribution in [0, 0.1) is 12.7 Å². The number of carbonyl (C=O) groups is 1. The van der Waals surface area contributed by atoms with Crippen LogP contribution < -0.4 is 5.32 Å². The van der Waals surface area contributed by atoms with Gasteiger partial charge < -0.3 is 9.84 Å². The van der Waals surface area contributed by atoms with E-state index < -0.39 is 0 Å². The second-order valence-corrected chi connectivity index (χ2v) is 7.24. The molecule has 0 atom stereocenters. The Hall–Kier alpha value is -2.48. The average Bonchev–Trinajstić information content (AvgIpc) is 3.15. The molecule has 29 heavy (non-hydrogen) atoms. The summed E-state index contributed by atoms with van der Waals surface area (Å²) in [7, 11) is 0. The summed E-state index contributed by atoms with van der Waals surface area (Å²) in [5.41, 5.74) is 1.44. The first-order valence-corrected chi connectivity index (χ1v) is 9.68. The van der Waals surface area contributed by atoms with E-state index in [-0.39, 0.29) is 24.8 Å². The summed E-state index contributed by atoms with van der Waals surface area (Å²) in [6.07, 6.45) is 0. The zero-order valence-electron chi connectivity index (χ0n) is 15.9. The maximum Gasteiger partial charge on any atom is 0.241 e. The molecule has 152 valence electrons. The molecule has 0 aliphatic carbocycles. The van der Waals surface area contributed by atoms with Gasteiger partial charge in [0.15, 0.2) is 0 Å². The lowest BCUT2D eigenvalue weighted by Crippen LogP contribution is -2.33. The molecule has 0 unspecified atom stereocenters. The Morgan fingerprint density at radius 2 is 1.97 bits per heavy atom. The minimum atomic E-state index is -0.334. The largest absolute Gasteiger partial charge is 0.338 e. The maximum absolute atomic E-state index is 13.8. The first kappa shape index (κ1) is 21.2. The van der Waals surface area contributed by atoms with E-state index in [1.54, 1.807) is 37.3 Å². The number of amides is 1. The molecular formula is C20H19Cl2FN4O2. The fourth-order valence-electron chi connectivity index (χ4n) is 2.64. The normalized spacial score (nSPS) is 11.1. The summed E-state index contributed by atoms with van der Waals surface area (Å²) in [5.74, 6) is 0.00907. The summed E-state index contributed by atoms with van der Waals surface area (Å²) in [6.45, 7) is 4.50. The molecular weight excluding hydrogens is 418 g/mol. The Morgan fingerprint density at radius 3 is 2.62 bits per heavy atom. The SMILES string of the molecule is CCN(CC(=O)Nc1c(Cl)cccc1Cl)Cc1nc(-c2ccc(C)c(F)c2)no1. The van der Waals surface area contributed by atoms with Crippen LogP contribution in [0.3, 0.4) is 0 Å². The van der Waals surface area contributed by atoms with E-state index in [1.165, 1.54) is 6.07 Å². The molecule has 0 aliphatic rings. The van der Waals surface area contributed by atoms with Gasteiger partial charge in [0.2, 0.25) is 17.6 Å². The molecule has 3 aromatic rings. The second-order valence-electron chi connectivity index (χ2n) is 6.42. The number of nitrogens with one attached hydrogen (secondary N) is 1. The van der Waals surface area contributed by atoms with Crippen LogP contribution in [0.25, 0.3) is 11.4 Å². The fraction of sp³-hybridized carbons (Fsp3) is 0.250. The molecule has 1 heterocycles. The van der Waals surface area contributed by atoms with Crippen molar-refractivity contribution in [3.63, 3.8) is 0 Å². The zero-order valence-corrected chi connectivity index (χ0v) is 17.4. The van der Waals surface area contributed by atoms with E-state index in [9.17, 15) is 9.18 Å². The van der Waals surface area contributed by atoms with E-state index in [0.717, 1.165) is 0 Å². The van der Waals surface area contributed by atoms with Crippen LogP contribution in [0.4, 0.5) is 10.1 Å². The van der Waals surface area contributed by atoms with Crippen molar-refractivity contribution >= 4 is 34.8 Å².